The first-order valence-corrected chi connectivity index (χ1v) is 5.63. The van der Waals surface area contributed by atoms with Crippen molar-refractivity contribution in [2.75, 3.05) is 0 Å². The minimum Gasteiger partial charge on any atom is -0.300 e. The summed E-state index contributed by atoms with van der Waals surface area (Å²) < 4.78 is 0. The van der Waals surface area contributed by atoms with E-state index in [1.165, 1.54) is 6.92 Å². The van der Waals surface area contributed by atoms with E-state index < -0.39 is 5.41 Å². The van der Waals surface area contributed by atoms with Crippen molar-refractivity contribution in [2.45, 2.75) is 45.4 Å². The van der Waals surface area contributed by atoms with E-state index in [0.717, 1.165) is 12.8 Å². The summed E-state index contributed by atoms with van der Waals surface area (Å²) in [6.07, 6.45) is 3.70. The molecule has 0 N–H and O–H groups in total. The highest BCUT2D eigenvalue weighted by Crippen LogP contribution is 2.48. The van der Waals surface area contributed by atoms with Crippen LogP contribution >= 0.6 is 0 Å². The number of rotatable bonds is 2. The number of Topliss-reactive ketones (excluding diaryl/α,β-unsaturated/α-hetero) is 3. The second-order valence-electron chi connectivity index (χ2n) is 4.78. The Hall–Kier alpha value is -0.990. The molecule has 0 radical (unpaired) electrons. The summed E-state index contributed by atoms with van der Waals surface area (Å²) in [6, 6.07) is 0. The van der Waals surface area contributed by atoms with Gasteiger partial charge >= 0.3 is 0 Å². The molecule has 2 saturated carbocycles. The monoisotopic (exact) mass is 208 g/mol. The van der Waals surface area contributed by atoms with Crippen LogP contribution in [0.2, 0.25) is 0 Å². The van der Waals surface area contributed by atoms with Crippen LogP contribution in [0, 0.1) is 11.3 Å². The van der Waals surface area contributed by atoms with Crippen molar-refractivity contribution >= 4 is 17.3 Å². The van der Waals surface area contributed by atoms with E-state index in [1.54, 1.807) is 0 Å². The normalized spacial score (nSPS) is 36.2. The van der Waals surface area contributed by atoms with Crippen molar-refractivity contribution in [1.82, 2.24) is 0 Å². The molecule has 3 heteroatoms. The Bertz CT molecular complexity index is 332. The van der Waals surface area contributed by atoms with Gasteiger partial charge in [0.25, 0.3) is 0 Å². The Labute approximate surface area is 89.2 Å². The van der Waals surface area contributed by atoms with Crippen molar-refractivity contribution in [3.05, 3.63) is 0 Å². The van der Waals surface area contributed by atoms with Gasteiger partial charge in [0.15, 0.2) is 0 Å². The van der Waals surface area contributed by atoms with E-state index in [2.05, 4.69) is 0 Å². The fourth-order valence-electron chi connectivity index (χ4n) is 3.22. The molecule has 3 nitrogen and oxygen atoms in total. The molecule has 82 valence electrons. The molecule has 2 aliphatic rings. The summed E-state index contributed by atoms with van der Waals surface area (Å²) in [4.78, 5) is 34.9. The van der Waals surface area contributed by atoms with Gasteiger partial charge < -0.3 is 0 Å². The Kier molecular flexibility index (Phi) is 2.49. The van der Waals surface area contributed by atoms with Gasteiger partial charge in [-0.05, 0) is 32.1 Å². The Balaban J connectivity index is 2.31. The first kappa shape index (κ1) is 10.5. The highest BCUT2D eigenvalue weighted by atomic mass is 16.2. The topological polar surface area (TPSA) is 51.2 Å². The van der Waals surface area contributed by atoms with Crippen LogP contribution < -0.4 is 0 Å². The molecule has 2 fully saturated rings. The Morgan fingerprint density at radius 2 is 2.07 bits per heavy atom. The Morgan fingerprint density at radius 1 is 1.33 bits per heavy atom. The molecule has 15 heavy (non-hydrogen) atoms. The molecule has 0 aliphatic heterocycles. The maximum atomic E-state index is 11.9. The maximum Gasteiger partial charge on any atom is 0.146 e. The van der Waals surface area contributed by atoms with Crippen molar-refractivity contribution in [3.8, 4) is 0 Å². The quantitative estimate of drug-likeness (QED) is 0.649. The van der Waals surface area contributed by atoms with Crippen LogP contribution in [0.15, 0.2) is 0 Å². The third-order valence-electron chi connectivity index (χ3n) is 4.04. The summed E-state index contributed by atoms with van der Waals surface area (Å²) >= 11 is 0. The van der Waals surface area contributed by atoms with Crippen LogP contribution in [0.4, 0.5) is 0 Å². The van der Waals surface area contributed by atoms with Gasteiger partial charge in [-0.1, -0.05) is 0 Å². The van der Waals surface area contributed by atoms with E-state index in [4.69, 9.17) is 0 Å². The molecule has 0 aromatic rings. The zero-order valence-electron chi connectivity index (χ0n) is 9.04. The smallest absolute Gasteiger partial charge is 0.146 e. The first-order chi connectivity index (χ1) is 7.07. The van der Waals surface area contributed by atoms with E-state index in [-0.39, 0.29) is 23.3 Å². The third kappa shape index (κ3) is 1.45. The largest absolute Gasteiger partial charge is 0.300 e. The van der Waals surface area contributed by atoms with Gasteiger partial charge in [0.1, 0.15) is 17.3 Å². The summed E-state index contributed by atoms with van der Waals surface area (Å²) in [5.74, 6) is 0.261. The summed E-state index contributed by atoms with van der Waals surface area (Å²) in [5, 5.41) is 0. The zero-order valence-corrected chi connectivity index (χ0v) is 9.04. The van der Waals surface area contributed by atoms with Gasteiger partial charge in [-0.15, -0.1) is 0 Å². The summed E-state index contributed by atoms with van der Waals surface area (Å²) in [5.41, 5.74) is -0.786. The summed E-state index contributed by atoms with van der Waals surface area (Å²) in [7, 11) is 0. The van der Waals surface area contributed by atoms with Crippen LogP contribution in [0.25, 0.3) is 0 Å². The Morgan fingerprint density at radius 3 is 2.47 bits per heavy atom. The molecule has 0 heterocycles. The lowest BCUT2D eigenvalue weighted by Crippen LogP contribution is -2.40. The number of carbonyl (C=O) groups excluding carboxylic acids is 3. The highest BCUT2D eigenvalue weighted by molar-refractivity contribution is 6.08. The van der Waals surface area contributed by atoms with Crippen molar-refractivity contribution in [3.63, 3.8) is 0 Å². The van der Waals surface area contributed by atoms with Gasteiger partial charge in [0.05, 0.1) is 5.41 Å². The van der Waals surface area contributed by atoms with Crippen molar-refractivity contribution in [2.24, 2.45) is 11.3 Å². The lowest BCUT2D eigenvalue weighted by atomic mass is 9.69. The second-order valence-corrected chi connectivity index (χ2v) is 4.78. The number of carbonyl (C=O) groups is 3. The highest BCUT2D eigenvalue weighted by Gasteiger charge is 2.53. The van der Waals surface area contributed by atoms with Crippen LogP contribution in [-0.4, -0.2) is 17.3 Å². The van der Waals surface area contributed by atoms with Crippen LogP contribution in [0.5, 0.6) is 0 Å². The van der Waals surface area contributed by atoms with Crippen molar-refractivity contribution < 1.29 is 14.4 Å². The average Bonchev–Trinajstić information content (AvgIpc) is 2.72. The van der Waals surface area contributed by atoms with E-state index in [9.17, 15) is 14.4 Å². The van der Waals surface area contributed by atoms with Gasteiger partial charge in [0.2, 0.25) is 0 Å². The SMILES string of the molecule is CC(=O)C1(C2CCC(=O)C2)CCCC1=O. The van der Waals surface area contributed by atoms with E-state index >= 15 is 0 Å². The lowest BCUT2D eigenvalue weighted by molar-refractivity contribution is -0.140. The molecule has 0 aromatic heterocycles. The molecule has 0 spiro atoms. The molecule has 0 aromatic carbocycles. The second kappa shape index (κ2) is 3.54. The molecule has 0 bridgehead atoms. The zero-order chi connectivity index (χ0) is 11.1. The number of hydrogen-bond acceptors (Lipinski definition) is 3. The van der Waals surface area contributed by atoms with Gasteiger partial charge in [-0.2, -0.15) is 0 Å². The van der Waals surface area contributed by atoms with E-state index in [0.29, 0.717) is 25.7 Å². The number of ketones is 3. The molecule has 2 rings (SSSR count). The first-order valence-electron chi connectivity index (χ1n) is 5.63. The van der Waals surface area contributed by atoms with Crippen molar-refractivity contribution in [1.29, 1.82) is 0 Å². The molecule has 2 unspecified atom stereocenters. The predicted octanol–water partition coefficient (Wildman–Crippen LogP) is 1.68. The molecule has 2 atom stereocenters. The lowest BCUT2D eigenvalue weighted by Gasteiger charge is -2.30. The predicted molar refractivity (Wildman–Crippen MR) is 54.3 cm³/mol. The van der Waals surface area contributed by atoms with E-state index in [1.807, 2.05) is 0 Å². The number of hydrogen-bond donors (Lipinski definition) is 0. The third-order valence-corrected chi connectivity index (χ3v) is 4.04. The molecule has 0 amide bonds. The summed E-state index contributed by atoms with van der Waals surface area (Å²) in [6.45, 7) is 1.51. The molecule has 0 saturated heterocycles. The van der Waals surface area contributed by atoms with Gasteiger partial charge in [-0.3, -0.25) is 14.4 Å². The van der Waals surface area contributed by atoms with Crippen LogP contribution in [0.3, 0.4) is 0 Å². The average molecular weight is 208 g/mol. The minimum absolute atomic E-state index is 0.00231. The minimum atomic E-state index is -0.786. The molecular formula is C12H16O3. The fourth-order valence-corrected chi connectivity index (χ4v) is 3.22. The van der Waals surface area contributed by atoms with Crippen LogP contribution in [0.1, 0.15) is 45.4 Å². The molecule has 2 aliphatic carbocycles. The fraction of sp³-hybridized carbons (Fsp3) is 0.750. The maximum absolute atomic E-state index is 11.9. The van der Waals surface area contributed by atoms with Gasteiger partial charge in [-0.25, -0.2) is 0 Å². The standard InChI is InChI=1S/C12H16O3/c1-8(13)12(6-2-3-11(12)15)9-4-5-10(14)7-9/h9H,2-7H2,1H3. The van der Waals surface area contributed by atoms with Crippen LogP contribution in [-0.2, 0) is 14.4 Å². The van der Waals surface area contributed by atoms with Gasteiger partial charge in [0, 0.05) is 19.3 Å². The molecular weight excluding hydrogens is 192 g/mol.